The fraction of sp³-hybridized carbons (Fsp3) is 0.472. The molecule has 1 spiro atoms. The highest BCUT2D eigenvalue weighted by molar-refractivity contribution is 6.03. The minimum absolute atomic E-state index is 0.0210. The molecule has 2 aromatic heterocycles. The van der Waals surface area contributed by atoms with Crippen LogP contribution in [0.3, 0.4) is 0 Å². The van der Waals surface area contributed by atoms with Crippen LogP contribution in [-0.4, -0.2) is 78.0 Å². The van der Waals surface area contributed by atoms with Crippen LogP contribution in [0, 0.1) is 34.8 Å². The number of piperidine rings is 1. The van der Waals surface area contributed by atoms with Crippen molar-refractivity contribution in [3.63, 3.8) is 0 Å². The molecule has 0 radical (unpaired) electrons. The maximum Gasteiger partial charge on any atom is 0.319 e. The quantitative estimate of drug-likeness (QED) is 0.265. The second-order valence-electron chi connectivity index (χ2n) is 14.4. The molecule has 2 saturated heterocycles. The minimum Gasteiger partial charge on any atom is -0.508 e. The Morgan fingerprint density at radius 2 is 1.85 bits per heavy atom. The molecule has 2 aliphatic carbocycles. The minimum atomic E-state index is -0.759. The fourth-order valence-electron chi connectivity index (χ4n) is 7.64. The summed E-state index contributed by atoms with van der Waals surface area (Å²) in [6, 6.07) is 5.26. The number of fused-ring (bicyclic) bond motifs is 2. The average Bonchev–Trinajstić information content (AvgIpc) is 3.98. The van der Waals surface area contributed by atoms with Crippen molar-refractivity contribution in [2.24, 2.45) is 10.8 Å². The first-order valence-electron chi connectivity index (χ1n) is 16.4. The van der Waals surface area contributed by atoms with E-state index in [1.807, 2.05) is 14.1 Å². The zero-order chi connectivity index (χ0) is 32.7. The van der Waals surface area contributed by atoms with E-state index in [1.54, 1.807) is 0 Å². The Balaban J connectivity index is 1.35. The number of hydrogen-bond donors (Lipinski definition) is 2. The first-order chi connectivity index (χ1) is 22.6. The van der Waals surface area contributed by atoms with E-state index in [0.717, 1.165) is 45.3 Å². The number of terminal acetylenes is 1. The van der Waals surface area contributed by atoms with Crippen molar-refractivity contribution in [1.82, 2.24) is 24.8 Å². The molecule has 0 amide bonds. The SMILES string of the molecule is C#Cc1c(F)ccc2cc(O)cc(-c3c(F)c4nc(OCC5(CN(C)C)CC5)nc(N5CCC6(CC5)CNC6)c4c(=O)n3C3CC3)c12. The maximum atomic E-state index is 17.4. The topological polar surface area (TPSA) is 95.8 Å². The normalized spacial score (nSPS) is 19.7. The molecule has 0 unspecified atom stereocenters. The summed E-state index contributed by atoms with van der Waals surface area (Å²) in [5, 5.41) is 14.9. The molecule has 4 fully saturated rings. The molecule has 2 N–H and O–H groups in total. The summed E-state index contributed by atoms with van der Waals surface area (Å²) in [6.07, 6.45) is 11.0. The van der Waals surface area contributed by atoms with E-state index in [2.05, 4.69) is 26.0 Å². The third-order valence-corrected chi connectivity index (χ3v) is 10.6. The molecule has 0 bridgehead atoms. The summed E-state index contributed by atoms with van der Waals surface area (Å²) in [6.45, 7) is 4.51. The van der Waals surface area contributed by atoms with Gasteiger partial charge >= 0.3 is 6.01 Å². The Hall–Kier alpha value is -4.27. The van der Waals surface area contributed by atoms with E-state index in [-0.39, 0.29) is 61.7 Å². The monoisotopic (exact) mass is 640 g/mol. The predicted octanol–water partition coefficient (Wildman–Crippen LogP) is 4.82. The molecule has 9 nitrogen and oxygen atoms in total. The highest BCUT2D eigenvalue weighted by Crippen LogP contribution is 2.47. The number of ether oxygens (including phenoxy) is 1. The van der Waals surface area contributed by atoms with Gasteiger partial charge in [0.15, 0.2) is 5.82 Å². The van der Waals surface area contributed by atoms with Gasteiger partial charge in [0, 0.05) is 55.1 Å². The van der Waals surface area contributed by atoms with Gasteiger partial charge in [0.2, 0.25) is 0 Å². The van der Waals surface area contributed by atoms with Crippen LogP contribution >= 0.6 is 0 Å². The van der Waals surface area contributed by atoms with Gasteiger partial charge in [-0.05, 0) is 81.6 Å². The standard InChI is InChI=1S/C36H38F2N6O3/c1-4-24-26(37)8-5-21-15-23(45)16-25(27(21)24)31-29(38)30-28(33(46)44(31)22-6-7-22)32(43-13-11-35(12-14-43)17-39-18-35)41-34(40-30)47-20-36(9-10-36)19-42(2)3/h1,5,8,15-16,22,39,45H,6-7,9-14,17-20H2,2-3H3. The van der Waals surface area contributed by atoms with Crippen molar-refractivity contribution < 1.29 is 18.6 Å². The number of rotatable bonds is 8. The molecule has 11 heteroatoms. The zero-order valence-corrected chi connectivity index (χ0v) is 26.7. The van der Waals surface area contributed by atoms with Crippen molar-refractivity contribution in [3.05, 3.63) is 51.8 Å². The summed E-state index contributed by atoms with van der Waals surface area (Å²) in [7, 11) is 4.05. The molecule has 4 aliphatic rings. The first kappa shape index (κ1) is 30.1. The largest absolute Gasteiger partial charge is 0.508 e. The number of nitrogens with one attached hydrogen (secondary N) is 1. The molecule has 2 aromatic carbocycles. The Bertz CT molecular complexity index is 2030. The smallest absolute Gasteiger partial charge is 0.319 e. The summed E-state index contributed by atoms with van der Waals surface area (Å²) in [5.74, 6) is 1.22. The van der Waals surface area contributed by atoms with Gasteiger partial charge < -0.3 is 29.5 Å². The first-order valence-corrected chi connectivity index (χ1v) is 16.4. The van der Waals surface area contributed by atoms with E-state index in [1.165, 1.54) is 28.8 Å². The van der Waals surface area contributed by atoms with Crippen molar-refractivity contribution >= 4 is 27.5 Å². The van der Waals surface area contributed by atoms with Gasteiger partial charge in [-0.15, -0.1) is 6.42 Å². The van der Waals surface area contributed by atoms with E-state index >= 15 is 8.78 Å². The van der Waals surface area contributed by atoms with E-state index < -0.39 is 17.2 Å². The van der Waals surface area contributed by atoms with Crippen molar-refractivity contribution in [3.8, 4) is 35.4 Å². The second-order valence-corrected chi connectivity index (χ2v) is 14.4. The van der Waals surface area contributed by atoms with Gasteiger partial charge in [-0.25, -0.2) is 8.78 Å². The Kier molecular flexibility index (Phi) is 6.97. The lowest BCUT2D eigenvalue weighted by molar-refractivity contribution is 0.126. The van der Waals surface area contributed by atoms with Crippen molar-refractivity contribution in [2.75, 3.05) is 58.3 Å². The predicted molar refractivity (Wildman–Crippen MR) is 177 cm³/mol. The highest BCUT2D eigenvalue weighted by Gasteiger charge is 2.45. The molecule has 4 aromatic rings. The van der Waals surface area contributed by atoms with Crippen LogP contribution in [0.15, 0.2) is 29.1 Å². The van der Waals surface area contributed by atoms with Crippen LogP contribution in [-0.2, 0) is 0 Å². The molecular weight excluding hydrogens is 602 g/mol. The third-order valence-electron chi connectivity index (χ3n) is 10.6. The molecule has 2 saturated carbocycles. The number of halogens is 2. The molecule has 0 atom stereocenters. The molecule has 244 valence electrons. The van der Waals surface area contributed by atoms with Crippen LogP contribution in [0.5, 0.6) is 11.8 Å². The van der Waals surface area contributed by atoms with Gasteiger partial charge in [-0.2, -0.15) is 9.97 Å². The number of phenolic OH excluding ortho intramolecular Hbond substituents is 1. The lowest BCUT2D eigenvalue weighted by Gasteiger charge is -2.48. The summed E-state index contributed by atoms with van der Waals surface area (Å²) in [4.78, 5) is 28.3. The number of aromatic hydroxyl groups is 1. The maximum absolute atomic E-state index is 17.4. The highest BCUT2D eigenvalue weighted by atomic mass is 19.1. The number of nitrogens with zero attached hydrogens (tertiary/aromatic N) is 5. The zero-order valence-electron chi connectivity index (χ0n) is 26.7. The molecule has 8 rings (SSSR count). The summed E-state index contributed by atoms with van der Waals surface area (Å²) < 4.78 is 40.1. The lowest BCUT2D eigenvalue weighted by atomic mass is 9.73. The Morgan fingerprint density at radius 3 is 2.47 bits per heavy atom. The van der Waals surface area contributed by atoms with Crippen LogP contribution in [0.1, 0.15) is 50.1 Å². The van der Waals surface area contributed by atoms with Gasteiger partial charge in [0.05, 0.1) is 17.9 Å². The Morgan fingerprint density at radius 1 is 1.11 bits per heavy atom. The van der Waals surface area contributed by atoms with E-state index in [9.17, 15) is 9.90 Å². The van der Waals surface area contributed by atoms with Crippen LogP contribution in [0.4, 0.5) is 14.6 Å². The summed E-state index contributed by atoms with van der Waals surface area (Å²) >= 11 is 0. The van der Waals surface area contributed by atoms with Gasteiger partial charge in [0.1, 0.15) is 28.3 Å². The van der Waals surface area contributed by atoms with Gasteiger partial charge in [-0.1, -0.05) is 12.0 Å². The van der Waals surface area contributed by atoms with Crippen molar-refractivity contribution in [1.29, 1.82) is 0 Å². The molecule has 2 aliphatic heterocycles. The molecular formula is C36H38F2N6O3. The lowest BCUT2D eigenvalue weighted by Crippen LogP contribution is -2.58. The third kappa shape index (κ3) is 5.09. The number of hydrogen-bond acceptors (Lipinski definition) is 8. The number of aromatic nitrogens is 3. The number of pyridine rings is 1. The molecule has 47 heavy (non-hydrogen) atoms. The second kappa shape index (κ2) is 10.9. The number of anilines is 1. The number of benzene rings is 2. The van der Waals surface area contributed by atoms with E-state index in [0.29, 0.717) is 43.7 Å². The molecule has 4 heterocycles. The van der Waals surface area contributed by atoms with Crippen molar-refractivity contribution in [2.45, 2.75) is 44.6 Å². The summed E-state index contributed by atoms with van der Waals surface area (Å²) in [5.41, 5.74) is -0.357. The fourth-order valence-corrected chi connectivity index (χ4v) is 7.64. The van der Waals surface area contributed by atoms with Gasteiger partial charge in [-0.3, -0.25) is 4.79 Å². The van der Waals surface area contributed by atoms with E-state index in [4.69, 9.17) is 16.1 Å². The van der Waals surface area contributed by atoms with Crippen LogP contribution in [0.2, 0.25) is 0 Å². The van der Waals surface area contributed by atoms with Crippen LogP contribution in [0.25, 0.3) is 32.9 Å². The average molecular weight is 641 g/mol. The van der Waals surface area contributed by atoms with Gasteiger partial charge in [0.25, 0.3) is 5.56 Å². The number of phenols is 1. The Labute approximate surface area is 271 Å². The van der Waals surface area contributed by atoms with Crippen LogP contribution < -0.4 is 20.5 Å².